The molecule has 0 aliphatic carbocycles. The lowest BCUT2D eigenvalue weighted by Gasteiger charge is -2.24. The molecule has 0 saturated carbocycles. The van der Waals surface area contributed by atoms with Crippen LogP contribution in [0.4, 0.5) is 5.69 Å². The minimum atomic E-state index is 0.455. The quantitative estimate of drug-likeness (QED) is 0.810. The summed E-state index contributed by atoms with van der Waals surface area (Å²) in [5.41, 5.74) is 1.58. The Bertz CT molecular complexity index is 476. The number of anilines is 1. The number of benzene rings is 1. The van der Waals surface area contributed by atoms with Crippen LogP contribution in [0.25, 0.3) is 0 Å². The molecule has 0 spiro atoms. The van der Waals surface area contributed by atoms with Crippen molar-refractivity contribution in [3.8, 4) is 12.1 Å². The molecule has 94 valence electrons. The number of halogens is 1. The van der Waals surface area contributed by atoms with Gasteiger partial charge in [0.05, 0.1) is 36.4 Å². The van der Waals surface area contributed by atoms with Gasteiger partial charge >= 0.3 is 0 Å². The lowest BCUT2D eigenvalue weighted by molar-refractivity contribution is 0.205. The number of rotatable bonds is 6. The van der Waals surface area contributed by atoms with Crippen LogP contribution in [-0.4, -0.2) is 26.8 Å². The third kappa shape index (κ3) is 4.03. The van der Waals surface area contributed by atoms with Gasteiger partial charge in [-0.2, -0.15) is 10.5 Å². The molecule has 0 saturated heterocycles. The number of methoxy groups -OCH3 is 1. The van der Waals surface area contributed by atoms with Crippen LogP contribution in [0.5, 0.6) is 0 Å². The molecular formula is C13H14BrN3O. The van der Waals surface area contributed by atoms with Crippen LogP contribution in [0.15, 0.2) is 22.7 Å². The van der Waals surface area contributed by atoms with E-state index in [2.05, 4.69) is 33.0 Å². The molecule has 1 aromatic rings. The average molecular weight is 308 g/mol. The van der Waals surface area contributed by atoms with Gasteiger partial charge in [-0.15, -0.1) is 0 Å². The van der Waals surface area contributed by atoms with Crippen molar-refractivity contribution in [2.45, 2.75) is 6.42 Å². The lowest BCUT2D eigenvalue weighted by atomic mass is 10.2. The Hall–Kier alpha value is -1.56. The van der Waals surface area contributed by atoms with Crippen molar-refractivity contribution in [3.05, 3.63) is 28.2 Å². The second-order valence-electron chi connectivity index (χ2n) is 3.67. The molecule has 0 unspecified atom stereocenters. The summed E-state index contributed by atoms with van der Waals surface area (Å²) in [6.45, 7) is 1.95. The first-order valence-electron chi connectivity index (χ1n) is 5.53. The summed E-state index contributed by atoms with van der Waals surface area (Å²) in [4.78, 5) is 2.07. The van der Waals surface area contributed by atoms with Crippen molar-refractivity contribution in [2.75, 3.05) is 31.7 Å². The first kappa shape index (κ1) is 14.5. The van der Waals surface area contributed by atoms with Gasteiger partial charge in [0.15, 0.2) is 0 Å². The summed E-state index contributed by atoms with van der Waals surface area (Å²) in [6, 6.07) is 9.66. The van der Waals surface area contributed by atoms with Gasteiger partial charge in [-0.05, 0) is 34.1 Å². The van der Waals surface area contributed by atoms with Crippen LogP contribution in [0, 0.1) is 22.7 Å². The fourth-order valence-electron chi connectivity index (χ4n) is 1.57. The molecule has 1 rings (SSSR count). The molecule has 0 radical (unpaired) electrons. The molecule has 0 amide bonds. The summed E-state index contributed by atoms with van der Waals surface area (Å²) < 4.78 is 5.92. The van der Waals surface area contributed by atoms with Gasteiger partial charge in [0.2, 0.25) is 0 Å². The largest absolute Gasteiger partial charge is 0.383 e. The molecule has 0 aliphatic rings. The van der Waals surface area contributed by atoms with Crippen LogP contribution in [0.1, 0.15) is 12.0 Å². The summed E-state index contributed by atoms with van der Waals surface area (Å²) in [5.74, 6) is 0. The van der Waals surface area contributed by atoms with Gasteiger partial charge in [0.1, 0.15) is 0 Å². The number of nitrogens with zero attached hydrogens (tertiary/aromatic N) is 3. The molecule has 0 fully saturated rings. The zero-order valence-electron chi connectivity index (χ0n) is 10.2. The van der Waals surface area contributed by atoms with Crippen LogP contribution in [-0.2, 0) is 4.74 Å². The van der Waals surface area contributed by atoms with E-state index in [0.29, 0.717) is 31.7 Å². The zero-order chi connectivity index (χ0) is 13.4. The first-order valence-corrected chi connectivity index (χ1v) is 6.32. The summed E-state index contributed by atoms with van der Waals surface area (Å²) >= 11 is 3.46. The second kappa shape index (κ2) is 7.71. The maximum absolute atomic E-state index is 8.83. The van der Waals surface area contributed by atoms with Gasteiger partial charge in [0.25, 0.3) is 0 Å². The van der Waals surface area contributed by atoms with Crippen molar-refractivity contribution in [1.82, 2.24) is 0 Å². The smallest absolute Gasteiger partial charge is 0.0992 e. The van der Waals surface area contributed by atoms with E-state index in [4.69, 9.17) is 15.3 Å². The Morgan fingerprint density at radius 3 is 2.67 bits per heavy atom. The van der Waals surface area contributed by atoms with Gasteiger partial charge < -0.3 is 9.64 Å². The van der Waals surface area contributed by atoms with E-state index in [1.54, 1.807) is 19.2 Å². The minimum absolute atomic E-state index is 0.455. The van der Waals surface area contributed by atoms with E-state index in [9.17, 15) is 0 Å². The van der Waals surface area contributed by atoms with Gasteiger partial charge in [-0.25, -0.2) is 0 Å². The fourth-order valence-corrected chi connectivity index (χ4v) is 2.20. The predicted molar refractivity (Wildman–Crippen MR) is 73.2 cm³/mol. The van der Waals surface area contributed by atoms with Gasteiger partial charge in [-0.3, -0.25) is 0 Å². The van der Waals surface area contributed by atoms with Crippen molar-refractivity contribution >= 4 is 21.6 Å². The predicted octanol–water partition coefficient (Wildman–Crippen LogP) is 2.69. The molecule has 0 aliphatic heterocycles. The third-order valence-electron chi connectivity index (χ3n) is 2.48. The number of ether oxygens (including phenoxy) is 1. The van der Waals surface area contributed by atoms with Crippen LogP contribution >= 0.6 is 15.9 Å². The zero-order valence-corrected chi connectivity index (χ0v) is 11.8. The monoisotopic (exact) mass is 307 g/mol. The van der Waals surface area contributed by atoms with Gasteiger partial charge in [0, 0.05) is 24.7 Å². The molecule has 1 aromatic carbocycles. The Kier molecular flexibility index (Phi) is 6.21. The highest BCUT2D eigenvalue weighted by Gasteiger charge is 2.10. The van der Waals surface area contributed by atoms with E-state index < -0.39 is 0 Å². The maximum atomic E-state index is 8.83. The van der Waals surface area contributed by atoms with Crippen molar-refractivity contribution < 1.29 is 4.74 Å². The topological polar surface area (TPSA) is 60.0 Å². The molecule has 0 bridgehead atoms. The van der Waals surface area contributed by atoms with Crippen LogP contribution < -0.4 is 4.90 Å². The Morgan fingerprint density at radius 1 is 1.33 bits per heavy atom. The van der Waals surface area contributed by atoms with Crippen molar-refractivity contribution in [2.24, 2.45) is 0 Å². The Labute approximate surface area is 116 Å². The fraction of sp³-hybridized carbons (Fsp3) is 0.385. The molecule has 0 aromatic heterocycles. The van der Waals surface area contributed by atoms with E-state index in [0.717, 1.165) is 10.2 Å². The molecule has 0 atom stereocenters. The normalized spacial score (nSPS) is 9.56. The van der Waals surface area contributed by atoms with Crippen LogP contribution in [0.3, 0.4) is 0 Å². The molecule has 5 heteroatoms. The molecule has 0 heterocycles. The standard InChI is InChI=1S/C13H14BrN3O/c1-18-8-7-17(6-2-5-15)13-4-3-11(10-16)9-12(13)14/h3-4,9H,2,6-8H2,1H3. The van der Waals surface area contributed by atoms with Crippen LogP contribution in [0.2, 0.25) is 0 Å². The Balaban J connectivity index is 2.90. The SMILES string of the molecule is COCCN(CCC#N)c1ccc(C#N)cc1Br. The van der Waals surface area contributed by atoms with E-state index in [1.165, 1.54) is 0 Å². The highest BCUT2D eigenvalue weighted by molar-refractivity contribution is 9.10. The summed E-state index contributed by atoms with van der Waals surface area (Å²) in [5, 5.41) is 17.5. The van der Waals surface area contributed by atoms with E-state index in [1.807, 2.05) is 6.07 Å². The second-order valence-corrected chi connectivity index (χ2v) is 4.52. The lowest BCUT2D eigenvalue weighted by Crippen LogP contribution is -2.28. The minimum Gasteiger partial charge on any atom is -0.383 e. The highest BCUT2D eigenvalue weighted by Crippen LogP contribution is 2.27. The summed E-state index contributed by atoms with van der Waals surface area (Å²) in [6.07, 6.45) is 0.455. The first-order chi connectivity index (χ1) is 8.72. The molecule has 18 heavy (non-hydrogen) atoms. The van der Waals surface area contributed by atoms with E-state index in [-0.39, 0.29) is 0 Å². The molecular weight excluding hydrogens is 294 g/mol. The summed E-state index contributed by atoms with van der Waals surface area (Å²) in [7, 11) is 1.65. The van der Waals surface area contributed by atoms with Crippen molar-refractivity contribution in [1.29, 1.82) is 10.5 Å². The molecule has 4 nitrogen and oxygen atoms in total. The number of nitriles is 2. The van der Waals surface area contributed by atoms with Crippen molar-refractivity contribution in [3.63, 3.8) is 0 Å². The third-order valence-corrected chi connectivity index (χ3v) is 3.11. The average Bonchev–Trinajstić information content (AvgIpc) is 2.39. The Morgan fingerprint density at radius 2 is 2.11 bits per heavy atom. The molecule has 0 N–H and O–H groups in total. The van der Waals surface area contributed by atoms with Gasteiger partial charge in [-0.1, -0.05) is 0 Å². The number of hydrogen-bond acceptors (Lipinski definition) is 4. The number of hydrogen-bond donors (Lipinski definition) is 0. The highest BCUT2D eigenvalue weighted by atomic mass is 79.9. The maximum Gasteiger partial charge on any atom is 0.0992 e. The van der Waals surface area contributed by atoms with E-state index >= 15 is 0 Å².